The van der Waals surface area contributed by atoms with Gasteiger partial charge in [0.05, 0.1) is 0 Å². The first-order valence-corrected chi connectivity index (χ1v) is 6.91. The Hall–Kier alpha value is -2.36. The molecule has 0 fully saturated rings. The molecule has 0 heterocycles. The lowest BCUT2D eigenvalue weighted by molar-refractivity contribution is -0.114. The van der Waals surface area contributed by atoms with Gasteiger partial charge in [-0.2, -0.15) is 0 Å². The van der Waals surface area contributed by atoms with Crippen molar-refractivity contribution < 1.29 is 9.18 Å². The number of carbonyl (C=O) groups excluding carboxylic acids is 1. The summed E-state index contributed by atoms with van der Waals surface area (Å²) < 4.78 is 13.1. The molecule has 0 saturated carbocycles. The van der Waals surface area contributed by atoms with Gasteiger partial charge in [0.25, 0.3) is 0 Å². The van der Waals surface area contributed by atoms with Crippen molar-refractivity contribution in [1.29, 1.82) is 0 Å². The maximum absolute atomic E-state index is 13.1. The van der Waals surface area contributed by atoms with Crippen LogP contribution in [0.25, 0.3) is 0 Å². The standard InChI is InChI=1S/C17H19FN2O/c1-12(10-14-4-3-5-15(18)11-14)19-16-6-8-17(9-7-16)20-13(2)21/h3-9,11-12,19H,10H2,1-2H3,(H,20,21). The zero-order valence-electron chi connectivity index (χ0n) is 12.2. The van der Waals surface area contributed by atoms with Crippen LogP contribution < -0.4 is 10.6 Å². The van der Waals surface area contributed by atoms with Gasteiger partial charge in [-0.15, -0.1) is 0 Å². The van der Waals surface area contributed by atoms with Crippen molar-refractivity contribution in [2.75, 3.05) is 10.6 Å². The highest BCUT2D eigenvalue weighted by Crippen LogP contribution is 2.16. The molecule has 3 nitrogen and oxygen atoms in total. The second-order valence-electron chi connectivity index (χ2n) is 5.14. The zero-order valence-corrected chi connectivity index (χ0v) is 12.2. The quantitative estimate of drug-likeness (QED) is 0.877. The molecular formula is C17H19FN2O. The van der Waals surface area contributed by atoms with Gasteiger partial charge in [0.15, 0.2) is 0 Å². The van der Waals surface area contributed by atoms with E-state index in [9.17, 15) is 9.18 Å². The molecule has 2 rings (SSSR count). The average molecular weight is 286 g/mol. The van der Waals surface area contributed by atoms with E-state index >= 15 is 0 Å². The number of nitrogens with one attached hydrogen (secondary N) is 2. The molecule has 1 unspecified atom stereocenters. The summed E-state index contributed by atoms with van der Waals surface area (Å²) in [7, 11) is 0. The first-order valence-electron chi connectivity index (χ1n) is 6.91. The summed E-state index contributed by atoms with van der Waals surface area (Å²) in [5, 5.41) is 6.08. The van der Waals surface area contributed by atoms with Crippen LogP contribution in [0.5, 0.6) is 0 Å². The fraction of sp³-hybridized carbons (Fsp3) is 0.235. The fourth-order valence-electron chi connectivity index (χ4n) is 2.21. The van der Waals surface area contributed by atoms with E-state index in [0.29, 0.717) is 0 Å². The Labute approximate surface area is 124 Å². The normalized spacial score (nSPS) is 11.8. The molecule has 0 aromatic heterocycles. The Balaban J connectivity index is 1.93. The minimum atomic E-state index is -0.209. The van der Waals surface area contributed by atoms with E-state index in [0.717, 1.165) is 23.4 Å². The lowest BCUT2D eigenvalue weighted by atomic mass is 10.1. The van der Waals surface area contributed by atoms with Crippen molar-refractivity contribution in [3.63, 3.8) is 0 Å². The monoisotopic (exact) mass is 286 g/mol. The zero-order chi connectivity index (χ0) is 15.2. The highest BCUT2D eigenvalue weighted by Gasteiger charge is 2.05. The van der Waals surface area contributed by atoms with Crippen molar-refractivity contribution in [1.82, 2.24) is 0 Å². The smallest absolute Gasteiger partial charge is 0.221 e. The second-order valence-corrected chi connectivity index (χ2v) is 5.14. The van der Waals surface area contributed by atoms with Crippen LogP contribution >= 0.6 is 0 Å². The molecule has 2 N–H and O–H groups in total. The largest absolute Gasteiger partial charge is 0.382 e. The third-order valence-electron chi connectivity index (χ3n) is 3.05. The molecule has 0 bridgehead atoms. The van der Waals surface area contributed by atoms with Crippen LogP contribution in [-0.2, 0) is 11.2 Å². The maximum atomic E-state index is 13.1. The van der Waals surface area contributed by atoms with E-state index < -0.39 is 0 Å². The van der Waals surface area contributed by atoms with Gasteiger partial charge in [-0.3, -0.25) is 4.79 Å². The summed E-state index contributed by atoms with van der Waals surface area (Å²) in [5.74, 6) is -0.297. The Morgan fingerprint density at radius 3 is 2.43 bits per heavy atom. The second kappa shape index (κ2) is 6.88. The Morgan fingerprint density at radius 1 is 1.14 bits per heavy atom. The van der Waals surface area contributed by atoms with Crippen LogP contribution in [0.3, 0.4) is 0 Å². The summed E-state index contributed by atoms with van der Waals surface area (Å²) in [4.78, 5) is 10.9. The number of halogens is 1. The lowest BCUT2D eigenvalue weighted by Gasteiger charge is -2.16. The molecule has 4 heteroatoms. The Bertz CT molecular complexity index is 610. The minimum absolute atomic E-state index is 0.0878. The summed E-state index contributed by atoms with van der Waals surface area (Å²) in [6, 6.07) is 14.3. The van der Waals surface area contributed by atoms with E-state index in [-0.39, 0.29) is 17.8 Å². The topological polar surface area (TPSA) is 41.1 Å². The Kier molecular flexibility index (Phi) is 4.93. The molecule has 0 radical (unpaired) electrons. The highest BCUT2D eigenvalue weighted by atomic mass is 19.1. The lowest BCUT2D eigenvalue weighted by Crippen LogP contribution is -2.18. The first kappa shape index (κ1) is 15.0. The van der Waals surface area contributed by atoms with Crippen LogP contribution in [0.2, 0.25) is 0 Å². The molecule has 110 valence electrons. The van der Waals surface area contributed by atoms with Crippen LogP contribution in [0.15, 0.2) is 48.5 Å². The number of hydrogen-bond donors (Lipinski definition) is 2. The number of rotatable bonds is 5. The third kappa shape index (κ3) is 4.91. The molecule has 0 saturated heterocycles. The Morgan fingerprint density at radius 2 is 1.81 bits per heavy atom. The van der Waals surface area contributed by atoms with Gasteiger partial charge in [0.2, 0.25) is 5.91 Å². The minimum Gasteiger partial charge on any atom is -0.382 e. The summed E-state index contributed by atoms with van der Waals surface area (Å²) in [6.45, 7) is 3.53. The van der Waals surface area contributed by atoms with E-state index in [4.69, 9.17) is 0 Å². The van der Waals surface area contributed by atoms with E-state index in [1.807, 2.05) is 37.3 Å². The van der Waals surface area contributed by atoms with Crippen molar-refractivity contribution in [2.24, 2.45) is 0 Å². The van der Waals surface area contributed by atoms with Crippen molar-refractivity contribution in [2.45, 2.75) is 26.3 Å². The third-order valence-corrected chi connectivity index (χ3v) is 3.05. The molecule has 0 spiro atoms. The van der Waals surface area contributed by atoms with E-state index in [2.05, 4.69) is 10.6 Å². The predicted molar refractivity (Wildman–Crippen MR) is 83.9 cm³/mol. The number of anilines is 2. The molecule has 21 heavy (non-hydrogen) atoms. The van der Waals surface area contributed by atoms with Crippen LogP contribution in [0.1, 0.15) is 19.4 Å². The summed E-state index contributed by atoms with van der Waals surface area (Å²) in [5.41, 5.74) is 2.70. The van der Waals surface area contributed by atoms with Crippen molar-refractivity contribution in [3.8, 4) is 0 Å². The molecule has 2 aromatic rings. The number of hydrogen-bond acceptors (Lipinski definition) is 2. The van der Waals surface area contributed by atoms with Gasteiger partial charge >= 0.3 is 0 Å². The van der Waals surface area contributed by atoms with Gasteiger partial charge in [-0.05, 0) is 55.3 Å². The molecular weight excluding hydrogens is 267 g/mol. The van der Waals surface area contributed by atoms with Gasteiger partial charge in [-0.25, -0.2) is 4.39 Å². The molecule has 1 atom stereocenters. The van der Waals surface area contributed by atoms with Crippen LogP contribution in [0, 0.1) is 5.82 Å². The average Bonchev–Trinajstić information content (AvgIpc) is 2.40. The van der Waals surface area contributed by atoms with E-state index in [1.165, 1.54) is 13.0 Å². The van der Waals surface area contributed by atoms with Gasteiger partial charge in [-0.1, -0.05) is 12.1 Å². The van der Waals surface area contributed by atoms with Crippen LogP contribution in [-0.4, -0.2) is 11.9 Å². The maximum Gasteiger partial charge on any atom is 0.221 e. The van der Waals surface area contributed by atoms with Gasteiger partial charge in [0.1, 0.15) is 5.82 Å². The number of carbonyl (C=O) groups is 1. The number of benzene rings is 2. The van der Waals surface area contributed by atoms with Crippen LogP contribution in [0.4, 0.5) is 15.8 Å². The predicted octanol–water partition coefficient (Wildman–Crippen LogP) is 3.83. The number of amides is 1. The molecule has 0 aliphatic heterocycles. The van der Waals surface area contributed by atoms with Crippen molar-refractivity contribution >= 4 is 17.3 Å². The molecule has 0 aliphatic carbocycles. The highest BCUT2D eigenvalue weighted by molar-refractivity contribution is 5.88. The van der Waals surface area contributed by atoms with Gasteiger partial charge < -0.3 is 10.6 Å². The molecule has 1 amide bonds. The van der Waals surface area contributed by atoms with Gasteiger partial charge in [0, 0.05) is 24.3 Å². The fourth-order valence-corrected chi connectivity index (χ4v) is 2.21. The summed E-state index contributed by atoms with van der Waals surface area (Å²) >= 11 is 0. The first-order chi connectivity index (χ1) is 10.0. The SMILES string of the molecule is CC(=O)Nc1ccc(NC(C)Cc2cccc(F)c2)cc1. The van der Waals surface area contributed by atoms with Crippen molar-refractivity contribution in [3.05, 3.63) is 59.9 Å². The molecule has 0 aliphatic rings. The molecule has 2 aromatic carbocycles. The van der Waals surface area contributed by atoms with E-state index in [1.54, 1.807) is 12.1 Å². The summed E-state index contributed by atoms with van der Waals surface area (Å²) in [6.07, 6.45) is 0.741.